The number of carbonyl (C=O) groups is 2. The van der Waals surface area contributed by atoms with E-state index in [1.54, 1.807) is 25.1 Å². The van der Waals surface area contributed by atoms with Gasteiger partial charge in [-0.3, -0.25) is 4.79 Å². The monoisotopic (exact) mass is 421 g/mol. The Labute approximate surface area is 183 Å². The summed E-state index contributed by atoms with van der Waals surface area (Å²) in [5, 5.41) is 0. The minimum Gasteiger partial charge on any atom is -0.458 e. The van der Waals surface area contributed by atoms with E-state index in [1.165, 1.54) is 22.6 Å². The third-order valence-electron chi connectivity index (χ3n) is 5.67. The Morgan fingerprint density at radius 1 is 1.23 bits per heavy atom. The molecule has 0 N–H and O–H groups in total. The molecule has 0 spiro atoms. The lowest BCUT2D eigenvalue weighted by Gasteiger charge is -2.34. The maximum Gasteiger partial charge on any atom is 0.336 e. The SMILES string of the molecule is C=CCOC(=O)C1=C(C)N(Cc2ccccc2F)C(=O)CC1c1ccc(C(C)C)cc1. The molecule has 162 valence electrons. The summed E-state index contributed by atoms with van der Waals surface area (Å²) in [5.74, 6) is -1.05. The molecule has 1 aliphatic heterocycles. The van der Waals surface area contributed by atoms with Crippen molar-refractivity contribution in [3.8, 4) is 0 Å². The van der Waals surface area contributed by atoms with E-state index in [2.05, 4.69) is 20.4 Å². The zero-order valence-electron chi connectivity index (χ0n) is 18.2. The largest absolute Gasteiger partial charge is 0.458 e. The van der Waals surface area contributed by atoms with Crippen LogP contribution in [0.15, 0.2) is 72.5 Å². The van der Waals surface area contributed by atoms with E-state index in [0.29, 0.717) is 22.8 Å². The van der Waals surface area contributed by atoms with Crippen molar-refractivity contribution in [2.45, 2.75) is 45.6 Å². The van der Waals surface area contributed by atoms with Crippen LogP contribution in [0.25, 0.3) is 0 Å². The predicted octanol–water partition coefficient (Wildman–Crippen LogP) is 5.47. The van der Waals surface area contributed by atoms with Crippen molar-refractivity contribution in [3.63, 3.8) is 0 Å². The zero-order valence-corrected chi connectivity index (χ0v) is 18.2. The second-order valence-corrected chi connectivity index (χ2v) is 8.04. The number of carbonyl (C=O) groups excluding carboxylic acids is 2. The maximum absolute atomic E-state index is 14.2. The first-order chi connectivity index (χ1) is 14.8. The summed E-state index contributed by atoms with van der Waals surface area (Å²) < 4.78 is 19.6. The maximum atomic E-state index is 14.2. The van der Waals surface area contributed by atoms with Crippen LogP contribution in [0.2, 0.25) is 0 Å². The summed E-state index contributed by atoms with van der Waals surface area (Å²) in [6, 6.07) is 14.3. The van der Waals surface area contributed by atoms with Gasteiger partial charge < -0.3 is 9.64 Å². The van der Waals surface area contributed by atoms with E-state index in [0.717, 1.165) is 5.56 Å². The summed E-state index contributed by atoms with van der Waals surface area (Å²) in [6.45, 7) is 9.68. The molecule has 2 aromatic carbocycles. The fourth-order valence-electron chi connectivity index (χ4n) is 3.88. The van der Waals surface area contributed by atoms with Crippen LogP contribution in [0.3, 0.4) is 0 Å². The van der Waals surface area contributed by atoms with Crippen LogP contribution in [0.5, 0.6) is 0 Å². The molecule has 2 aromatic rings. The standard InChI is InChI=1S/C26H28FNO3/c1-5-14-31-26(30)25-18(4)28(16-21-8-6-7-9-23(21)27)24(29)15-22(25)20-12-10-19(11-13-20)17(2)3/h5-13,17,22H,1,14-16H2,2-4H3. The summed E-state index contributed by atoms with van der Waals surface area (Å²) in [4.78, 5) is 27.5. The van der Waals surface area contributed by atoms with Crippen molar-refractivity contribution in [1.82, 2.24) is 4.90 Å². The van der Waals surface area contributed by atoms with Gasteiger partial charge in [-0.1, -0.05) is 69.0 Å². The van der Waals surface area contributed by atoms with Crippen molar-refractivity contribution in [1.29, 1.82) is 0 Å². The van der Waals surface area contributed by atoms with Crippen molar-refractivity contribution in [2.75, 3.05) is 6.61 Å². The van der Waals surface area contributed by atoms with Crippen LogP contribution in [-0.2, 0) is 20.9 Å². The topological polar surface area (TPSA) is 46.6 Å². The Balaban J connectivity index is 2.02. The number of rotatable bonds is 7. The molecule has 1 amide bonds. The number of benzene rings is 2. The number of allylic oxidation sites excluding steroid dienone is 1. The summed E-state index contributed by atoms with van der Waals surface area (Å²) in [6.07, 6.45) is 1.62. The van der Waals surface area contributed by atoms with Gasteiger partial charge in [0, 0.05) is 23.6 Å². The lowest BCUT2D eigenvalue weighted by Crippen LogP contribution is -2.38. The molecule has 1 atom stereocenters. The van der Waals surface area contributed by atoms with E-state index >= 15 is 0 Å². The molecular weight excluding hydrogens is 393 g/mol. The molecule has 0 aromatic heterocycles. The fourth-order valence-corrected chi connectivity index (χ4v) is 3.88. The Morgan fingerprint density at radius 3 is 2.52 bits per heavy atom. The third kappa shape index (κ3) is 4.93. The van der Waals surface area contributed by atoms with Gasteiger partial charge in [0.15, 0.2) is 0 Å². The molecule has 3 rings (SSSR count). The average molecular weight is 422 g/mol. The number of halogens is 1. The molecule has 0 fully saturated rings. The lowest BCUT2D eigenvalue weighted by atomic mass is 9.83. The normalized spacial score (nSPS) is 16.6. The zero-order chi connectivity index (χ0) is 22.5. The molecule has 5 heteroatoms. The highest BCUT2D eigenvalue weighted by Gasteiger charge is 2.37. The van der Waals surface area contributed by atoms with E-state index < -0.39 is 11.9 Å². The van der Waals surface area contributed by atoms with Crippen LogP contribution in [0, 0.1) is 5.82 Å². The molecular formula is C26H28FNO3. The van der Waals surface area contributed by atoms with Crippen LogP contribution >= 0.6 is 0 Å². The second kappa shape index (κ2) is 9.73. The molecule has 1 heterocycles. The van der Waals surface area contributed by atoms with Gasteiger partial charge in [0.2, 0.25) is 5.91 Å². The Hall–Kier alpha value is -3.21. The van der Waals surface area contributed by atoms with E-state index in [4.69, 9.17) is 4.74 Å². The number of hydrogen-bond acceptors (Lipinski definition) is 3. The minimum absolute atomic E-state index is 0.0641. The van der Waals surface area contributed by atoms with Crippen molar-refractivity contribution in [3.05, 3.63) is 95.0 Å². The van der Waals surface area contributed by atoms with E-state index in [-0.39, 0.29) is 31.3 Å². The molecule has 4 nitrogen and oxygen atoms in total. The number of esters is 1. The number of ether oxygens (including phenoxy) is 1. The minimum atomic E-state index is -0.485. The van der Waals surface area contributed by atoms with Gasteiger partial charge in [-0.05, 0) is 30.0 Å². The fraction of sp³-hybridized carbons (Fsp3) is 0.308. The van der Waals surface area contributed by atoms with Gasteiger partial charge in [0.05, 0.1) is 12.1 Å². The van der Waals surface area contributed by atoms with Gasteiger partial charge >= 0.3 is 5.97 Å². The lowest BCUT2D eigenvalue weighted by molar-refractivity contribution is -0.139. The third-order valence-corrected chi connectivity index (χ3v) is 5.67. The van der Waals surface area contributed by atoms with E-state index in [1.807, 2.05) is 24.3 Å². The predicted molar refractivity (Wildman–Crippen MR) is 119 cm³/mol. The molecule has 0 saturated carbocycles. The van der Waals surface area contributed by atoms with Gasteiger partial charge in [-0.25, -0.2) is 9.18 Å². The first kappa shape index (κ1) is 22.5. The van der Waals surface area contributed by atoms with Crippen molar-refractivity contribution >= 4 is 11.9 Å². The average Bonchev–Trinajstić information content (AvgIpc) is 2.75. The molecule has 1 unspecified atom stereocenters. The number of hydrogen-bond donors (Lipinski definition) is 0. The molecule has 0 radical (unpaired) electrons. The molecule has 0 saturated heterocycles. The quantitative estimate of drug-likeness (QED) is 0.440. The van der Waals surface area contributed by atoms with Crippen LogP contribution in [0.4, 0.5) is 4.39 Å². The Bertz CT molecular complexity index is 1010. The van der Waals surface area contributed by atoms with Gasteiger partial charge in [-0.15, -0.1) is 0 Å². The Morgan fingerprint density at radius 2 is 1.90 bits per heavy atom. The highest BCUT2D eigenvalue weighted by Crippen LogP contribution is 2.38. The summed E-state index contributed by atoms with van der Waals surface area (Å²) in [5.41, 5.74) is 3.38. The molecule has 1 aliphatic rings. The van der Waals surface area contributed by atoms with Crippen LogP contribution in [0.1, 0.15) is 55.7 Å². The van der Waals surface area contributed by atoms with Gasteiger partial charge in [0.1, 0.15) is 12.4 Å². The second-order valence-electron chi connectivity index (χ2n) is 8.04. The van der Waals surface area contributed by atoms with Crippen molar-refractivity contribution in [2.24, 2.45) is 0 Å². The Kier molecular flexibility index (Phi) is 7.06. The van der Waals surface area contributed by atoms with Gasteiger partial charge in [-0.2, -0.15) is 0 Å². The number of nitrogens with zero attached hydrogens (tertiary/aromatic N) is 1. The first-order valence-electron chi connectivity index (χ1n) is 10.5. The summed E-state index contributed by atoms with van der Waals surface area (Å²) in [7, 11) is 0. The first-order valence-corrected chi connectivity index (χ1v) is 10.5. The molecule has 31 heavy (non-hydrogen) atoms. The molecule has 0 aliphatic carbocycles. The van der Waals surface area contributed by atoms with E-state index in [9.17, 15) is 14.0 Å². The summed E-state index contributed by atoms with van der Waals surface area (Å²) >= 11 is 0. The van der Waals surface area contributed by atoms with Crippen molar-refractivity contribution < 1.29 is 18.7 Å². The number of amides is 1. The molecule has 0 bridgehead atoms. The van der Waals surface area contributed by atoms with Crippen LogP contribution in [-0.4, -0.2) is 23.4 Å². The van der Waals surface area contributed by atoms with Gasteiger partial charge in [0.25, 0.3) is 0 Å². The highest BCUT2D eigenvalue weighted by atomic mass is 19.1. The highest BCUT2D eigenvalue weighted by molar-refractivity contribution is 5.95. The smallest absolute Gasteiger partial charge is 0.336 e. The van der Waals surface area contributed by atoms with Crippen LogP contribution < -0.4 is 0 Å².